The molecule has 2 atom stereocenters. The van der Waals surface area contributed by atoms with Crippen LogP contribution in [0.15, 0.2) is 48.7 Å². The summed E-state index contributed by atoms with van der Waals surface area (Å²) in [6.45, 7) is 0.0962. The first kappa shape index (κ1) is 13.2. The van der Waals surface area contributed by atoms with E-state index in [9.17, 15) is 9.90 Å². The number of amides is 2. The molecule has 2 aliphatic heterocycles. The average Bonchev–Trinajstić information content (AvgIpc) is 2.97. The highest BCUT2D eigenvalue weighted by molar-refractivity contribution is 5.94. The van der Waals surface area contributed by atoms with Crippen LogP contribution in [-0.2, 0) is 10.5 Å². The molecule has 1 saturated heterocycles. The molecule has 1 aromatic carbocycles. The third kappa shape index (κ3) is 1.62. The summed E-state index contributed by atoms with van der Waals surface area (Å²) in [4.78, 5) is 18.6. The van der Waals surface area contributed by atoms with E-state index in [1.165, 1.54) is 0 Å². The number of carbonyl (C=O) groups excluding carboxylic acids is 1. The number of aliphatic hydroxyl groups is 1. The maximum atomic E-state index is 12.6. The third-order valence-electron chi connectivity index (χ3n) is 4.15. The SMILES string of the molecule is O=C1Nc2cccnc2C2(c3ccccc3)OCC(CO)N12. The zero-order chi connectivity index (χ0) is 15.2. The van der Waals surface area contributed by atoms with Crippen molar-refractivity contribution in [2.75, 3.05) is 18.5 Å². The van der Waals surface area contributed by atoms with Crippen molar-refractivity contribution in [3.63, 3.8) is 0 Å². The third-order valence-corrected chi connectivity index (χ3v) is 4.15. The Bertz CT molecular complexity index is 722. The smallest absolute Gasteiger partial charge is 0.325 e. The lowest BCUT2D eigenvalue weighted by atomic mass is 9.93. The van der Waals surface area contributed by atoms with E-state index in [0.29, 0.717) is 11.4 Å². The summed E-state index contributed by atoms with van der Waals surface area (Å²) in [6, 6.07) is 12.4. The number of rotatable bonds is 2. The van der Waals surface area contributed by atoms with Gasteiger partial charge in [-0.05, 0) is 12.1 Å². The Morgan fingerprint density at radius 3 is 2.91 bits per heavy atom. The number of anilines is 1. The summed E-state index contributed by atoms with van der Waals surface area (Å²) in [7, 11) is 0. The second-order valence-corrected chi connectivity index (χ2v) is 5.36. The van der Waals surface area contributed by atoms with E-state index in [1.54, 1.807) is 23.2 Å². The van der Waals surface area contributed by atoms with Gasteiger partial charge in [0.2, 0.25) is 5.72 Å². The van der Waals surface area contributed by atoms with E-state index in [4.69, 9.17) is 4.74 Å². The van der Waals surface area contributed by atoms with Gasteiger partial charge in [0.25, 0.3) is 0 Å². The topological polar surface area (TPSA) is 74.7 Å². The van der Waals surface area contributed by atoms with Crippen LogP contribution < -0.4 is 5.32 Å². The molecule has 0 bridgehead atoms. The highest BCUT2D eigenvalue weighted by Crippen LogP contribution is 2.47. The predicted molar refractivity (Wildman–Crippen MR) is 79.1 cm³/mol. The number of carbonyl (C=O) groups is 1. The number of ether oxygens (including phenoxy) is 1. The Morgan fingerprint density at radius 2 is 2.14 bits per heavy atom. The molecule has 2 aromatic rings. The molecule has 4 rings (SSSR count). The highest BCUT2D eigenvalue weighted by Gasteiger charge is 2.57. The van der Waals surface area contributed by atoms with Gasteiger partial charge in [0.1, 0.15) is 5.69 Å². The van der Waals surface area contributed by atoms with Crippen molar-refractivity contribution in [1.29, 1.82) is 0 Å². The van der Waals surface area contributed by atoms with E-state index in [1.807, 2.05) is 30.3 Å². The van der Waals surface area contributed by atoms with Gasteiger partial charge >= 0.3 is 6.03 Å². The van der Waals surface area contributed by atoms with Crippen LogP contribution >= 0.6 is 0 Å². The first-order valence-electron chi connectivity index (χ1n) is 7.13. The van der Waals surface area contributed by atoms with Crippen molar-refractivity contribution in [2.24, 2.45) is 0 Å². The second-order valence-electron chi connectivity index (χ2n) is 5.36. The lowest BCUT2D eigenvalue weighted by Crippen LogP contribution is -2.56. The molecule has 2 N–H and O–H groups in total. The number of benzene rings is 1. The van der Waals surface area contributed by atoms with Gasteiger partial charge in [0, 0.05) is 11.8 Å². The molecule has 22 heavy (non-hydrogen) atoms. The summed E-state index contributed by atoms with van der Waals surface area (Å²) in [5, 5.41) is 12.4. The van der Waals surface area contributed by atoms with Gasteiger partial charge in [0.15, 0.2) is 0 Å². The number of aromatic nitrogens is 1. The largest absolute Gasteiger partial charge is 0.394 e. The molecule has 2 amide bonds. The molecule has 3 heterocycles. The van der Waals surface area contributed by atoms with E-state index in [0.717, 1.165) is 5.56 Å². The minimum Gasteiger partial charge on any atom is -0.394 e. The van der Waals surface area contributed by atoms with Gasteiger partial charge in [-0.15, -0.1) is 0 Å². The number of hydrogen-bond acceptors (Lipinski definition) is 4. The minimum absolute atomic E-state index is 0.163. The Labute approximate surface area is 127 Å². The van der Waals surface area contributed by atoms with Crippen molar-refractivity contribution in [2.45, 2.75) is 11.8 Å². The minimum atomic E-state index is -1.09. The van der Waals surface area contributed by atoms with Crippen LogP contribution in [0, 0.1) is 0 Å². The van der Waals surface area contributed by atoms with Crippen molar-refractivity contribution in [1.82, 2.24) is 9.88 Å². The van der Waals surface area contributed by atoms with Gasteiger partial charge in [-0.25, -0.2) is 4.79 Å². The zero-order valence-electron chi connectivity index (χ0n) is 11.8. The van der Waals surface area contributed by atoms with E-state index >= 15 is 0 Å². The molecule has 112 valence electrons. The number of nitrogens with one attached hydrogen (secondary N) is 1. The molecule has 0 radical (unpaired) electrons. The summed E-state index contributed by atoms with van der Waals surface area (Å²) in [5.74, 6) is 0. The molecule has 0 saturated carbocycles. The number of fused-ring (bicyclic) bond motifs is 3. The number of pyridine rings is 1. The van der Waals surface area contributed by atoms with Crippen molar-refractivity contribution >= 4 is 11.7 Å². The first-order valence-corrected chi connectivity index (χ1v) is 7.13. The number of nitrogens with zero attached hydrogens (tertiary/aromatic N) is 2. The standard InChI is InChI=1S/C16H15N3O3/c20-9-12-10-22-16(11-5-2-1-3-6-11)14-13(7-4-8-17-14)18-15(21)19(12)16/h1-8,12,20H,9-10H2,(H,18,21). The molecule has 1 aromatic heterocycles. The zero-order valence-corrected chi connectivity index (χ0v) is 11.8. The lowest BCUT2D eigenvalue weighted by Gasteiger charge is -2.42. The summed E-state index contributed by atoms with van der Waals surface area (Å²) in [6.07, 6.45) is 1.68. The number of aliphatic hydroxyl groups excluding tert-OH is 1. The van der Waals surface area contributed by atoms with Crippen LogP contribution in [0.3, 0.4) is 0 Å². The van der Waals surface area contributed by atoms with E-state index < -0.39 is 11.8 Å². The van der Waals surface area contributed by atoms with Gasteiger partial charge in [-0.1, -0.05) is 30.3 Å². The Morgan fingerprint density at radius 1 is 1.32 bits per heavy atom. The van der Waals surface area contributed by atoms with Crippen molar-refractivity contribution in [3.05, 3.63) is 59.9 Å². The fourth-order valence-corrected chi connectivity index (χ4v) is 3.22. The average molecular weight is 297 g/mol. The predicted octanol–water partition coefficient (Wildman–Crippen LogP) is 1.52. The van der Waals surface area contributed by atoms with Crippen LogP contribution in [-0.4, -0.2) is 40.3 Å². The molecular weight excluding hydrogens is 282 g/mol. The molecule has 0 aliphatic carbocycles. The van der Waals surface area contributed by atoms with Gasteiger partial charge in [-0.3, -0.25) is 9.88 Å². The van der Waals surface area contributed by atoms with Crippen LogP contribution in [0.2, 0.25) is 0 Å². The fourth-order valence-electron chi connectivity index (χ4n) is 3.22. The Hall–Kier alpha value is -2.44. The molecule has 2 aliphatic rings. The highest BCUT2D eigenvalue weighted by atomic mass is 16.5. The monoisotopic (exact) mass is 297 g/mol. The van der Waals surface area contributed by atoms with E-state index in [-0.39, 0.29) is 19.2 Å². The lowest BCUT2D eigenvalue weighted by molar-refractivity contribution is -0.0389. The Kier molecular flexibility index (Phi) is 2.88. The molecule has 0 spiro atoms. The van der Waals surface area contributed by atoms with Gasteiger partial charge in [-0.2, -0.15) is 0 Å². The molecular formula is C16H15N3O3. The molecule has 6 nitrogen and oxygen atoms in total. The second kappa shape index (κ2) is 4.79. The summed E-state index contributed by atoms with van der Waals surface area (Å²) in [5.41, 5.74) is 0.997. The van der Waals surface area contributed by atoms with Crippen molar-refractivity contribution < 1.29 is 14.6 Å². The Balaban J connectivity index is 2.00. The fraction of sp³-hybridized carbons (Fsp3) is 0.250. The van der Waals surface area contributed by atoms with Crippen LogP contribution in [0.1, 0.15) is 11.3 Å². The summed E-state index contributed by atoms with van der Waals surface area (Å²) >= 11 is 0. The van der Waals surface area contributed by atoms with Crippen LogP contribution in [0.5, 0.6) is 0 Å². The van der Waals surface area contributed by atoms with Crippen molar-refractivity contribution in [3.8, 4) is 0 Å². The number of urea groups is 1. The first-order chi connectivity index (χ1) is 10.8. The van der Waals surface area contributed by atoms with Gasteiger partial charge in [0.05, 0.1) is 24.9 Å². The maximum Gasteiger partial charge on any atom is 0.325 e. The quantitative estimate of drug-likeness (QED) is 0.881. The summed E-state index contributed by atoms with van der Waals surface area (Å²) < 4.78 is 6.07. The molecule has 6 heteroatoms. The van der Waals surface area contributed by atoms with Crippen LogP contribution in [0.4, 0.5) is 10.5 Å². The van der Waals surface area contributed by atoms with Crippen LogP contribution in [0.25, 0.3) is 0 Å². The van der Waals surface area contributed by atoms with E-state index in [2.05, 4.69) is 10.3 Å². The van der Waals surface area contributed by atoms with Gasteiger partial charge < -0.3 is 15.2 Å². The number of hydrogen-bond donors (Lipinski definition) is 2. The molecule has 1 fully saturated rings. The molecule has 2 unspecified atom stereocenters. The maximum absolute atomic E-state index is 12.6. The normalized spacial score (nSPS) is 26.3.